The molecule has 1 aromatic carbocycles. The van der Waals surface area contributed by atoms with E-state index in [1.54, 1.807) is 19.2 Å². The fourth-order valence-corrected chi connectivity index (χ4v) is 3.05. The van der Waals surface area contributed by atoms with Crippen LogP contribution in [0.1, 0.15) is 0 Å². The van der Waals surface area contributed by atoms with E-state index in [9.17, 15) is 9.18 Å². The number of nitrogens with zero attached hydrogens (tertiary/aromatic N) is 2. The van der Waals surface area contributed by atoms with Gasteiger partial charge in [0.25, 0.3) is 0 Å². The zero-order valence-electron chi connectivity index (χ0n) is 11.8. The molecule has 0 saturated carbocycles. The summed E-state index contributed by atoms with van der Waals surface area (Å²) in [5.74, 6) is -0.610. The highest BCUT2D eigenvalue weighted by Crippen LogP contribution is 2.25. The van der Waals surface area contributed by atoms with Gasteiger partial charge in [-0.15, -0.1) is 10.2 Å². The van der Waals surface area contributed by atoms with E-state index in [-0.39, 0.29) is 17.3 Å². The van der Waals surface area contributed by atoms with Gasteiger partial charge >= 0.3 is 0 Å². The predicted octanol–water partition coefficient (Wildman–Crippen LogP) is 2.47. The summed E-state index contributed by atoms with van der Waals surface area (Å²) in [6.45, 7) is 1.22. The number of methoxy groups -OCH3 is 1. The van der Waals surface area contributed by atoms with Gasteiger partial charge in [-0.2, -0.15) is 0 Å². The number of rotatable bonds is 8. The lowest BCUT2D eigenvalue weighted by Crippen LogP contribution is -2.14. The maximum atomic E-state index is 13.4. The Morgan fingerprint density at radius 3 is 3.00 bits per heavy atom. The molecule has 118 valence electrons. The van der Waals surface area contributed by atoms with Crippen LogP contribution in [0.3, 0.4) is 0 Å². The van der Waals surface area contributed by atoms with E-state index in [1.807, 2.05) is 0 Å². The Bertz CT molecular complexity index is 624. The lowest BCUT2D eigenvalue weighted by atomic mass is 10.3. The normalized spacial score (nSPS) is 10.5. The van der Waals surface area contributed by atoms with Gasteiger partial charge in [0.1, 0.15) is 5.82 Å². The molecule has 2 aromatic rings. The number of carbonyl (C=O) groups is 1. The average molecular weight is 342 g/mol. The Kier molecular flexibility index (Phi) is 6.56. The maximum Gasteiger partial charge on any atom is 0.234 e. The quantitative estimate of drug-likeness (QED) is 0.567. The van der Waals surface area contributed by atoms with Crippen LogP contribution in [0.4, 0.5) is 15.2 Å². The van der Waals surface area contributed by atoms with Crippen LogP contribution in [0, 0.1) is 5.82 Å². The zero-order chi connectivity index (χ0) is 15.8. The summed E-state index contributed by atoms with van der Waals surface area (Å²) in [6.07, 6.45) is 0. The summed E-state index contributed by atoms with van der Waals surface area (Å²) in [7, 11) is 1.62. The second-order valence-corrected chi connectivity index (χ2v) is 6.31. The van der Waals surface area contributed by atoms with Crippen molar-refractivity contribution in [3.05, 3.63) is 30.1 Å². The Labute approximate surface area is 135 Å². The highest BCUT2D eigenvalue weighted by atomic mass is 32.2. The summed E-state index contributed by atoms with van der Waals surface area (Å²) in [4.78, 5) is 11.8. The van der Waals surface area contributed by atoms with Crippen LogP contribution in [0.15, 0.2) is 28.6 Å². The predicted molar refractivity (Wildman–Crippen MR) is 86.0 cm³/mol. The Balaban J connectivity index is 1.78. The summed E-state index contributed by atoms with van der Waals surface area (Å²) in [5.41, 5.74) is 0.173. The molecule has 1 heterocycles. The number of benzene rings is 1. The Morgan fingerprint density at radius 2 is 2.23 bits per heavy atom. The van der Waals surface area contributed by atoms with Crippen molar-refractivity contribution in [3.63, 3.8) is 0 Å². The molecule has 0 radical (unpaired) electrons. The van der Waals surface area contributed by atoms with Crippen molar-refractivity contribution in [2.45, 2.75) is 4.34 Å². The average Bonchev–Trinajstić information content (AvgIpc) is 2.96. The van der Waals surface area contributed by atoms with Crippen molar-refractivity contribution in [1.82, 2.24) is 10.2 Å². The van der Waals surface area contributed by atoms with Crippen molar-refractivity contribution in [2.75, 3.05) is 36.6 Å². The first-order valence-electron chi connectivity index (χ1n) is 6.42. The number of amides is 1. The van der Waals surface area contributed by atoms with E-state index < -0.39 is 5.82 Å². The molecule has 9 heteroatoms. The number of para-hydroxylation sites is 1. The van der Waals surface area contributed by atoms with E-state index in [1.165, 1.54) is 35.2 Å². The number of halogens is 1. The standard InChI is InChI=1S/C13H15FN4O2S2/c1-20-7-6-15-12-17-18-13(22-12)21-8-11(19)16-10-5-3-2-4-9(10)14/h2-5H,6-8H2,1H3,(H,15,17)(H,16,19). The first kappa shape index (κ1) is 16.7. The fourth-order valence-electron chi connectivity index (χ4n) is 1.48. The minimum Gasteiger partial charge on any atom is -0.383 e. The van der Waals surface area contributed by atoms with Gasteiger partial charge in [-0.1, -0.05) is 35.2 Å². The topological polar surface area (TPSA) is 76.1 Å². The summed E-state index contributed by atoms with van der Waals surface area (Å²) in [5, 5.41) is 14.2. The number of carbonyl (C=O) groups excluding carboxylic acids is 1. The number of anilines is 2. The molecule has 1 aromatic heterocycles. The first-order valence-corrected chi connectivity index (χ1v) is 8.22. The van der Waals surface area contributed by atoms with Crippen LogP contribution < -0.4 is 10.6 Å². The van der Waals surface area contributed by atoms with Crippen molar-refractivity contribution in [3.8, 4) is 0 Å². The monoisotopic (exact) mass is 342 g/mol. The summed E-state index contributed by atoms with van der Waals surface area (Å²) in [6, 6.07) is 6.04. The molecule has 0 spiro atoms. The van der Waals surface area contributed by atoms with Crippen molar-refractivity contribution in [1.29, 1.82) is 0 Å². The molecule has 0 aliphatic rings. The lowest BCUT2D eigenvalue weighted by Gasteiger charge is -2.04. The minimum atomic E-state index is -0.457. The number of thioether (sulfide) groups is 1. The van der Waals surface area contributed by atoms with Gasteiger partial charge < -0.3 is 15.4 Å². The number of ether oxygens (including phenoxy) is 1. The fraction of sp³-hybridized carbons (Fsp3) is 0.308. The highest BCUT2D eigenvalue weighted by Gasteiger charge is 2.10. The van der Waals surface area contributed by atoms with E-state index >= 15 is 0 Å². The van der Waals surface area contributed by atoms with Crippen molar-refractivity contribution in [2.24, 2.45) is 0 Å². The summed E-state index contributed by atoms with van der Waals surface area (Å²) < 4.78 is 19.0. The molecule has 1 amide bonds. The smallest absolute Gasteiger partial charge is 0.234 e. The van der Waals surface area contributed by atoms with Crippen LogP contribution in [0.25, 0.3) is 0 Å². The van der Waals surface area contributed by atoms with Crippen LogP contribution in [-0.4, -0.2) is 42.1 Å². The first-order chi connectivity index (χ1) is 10.7. The summed E-state index contributed by atoms with van der Waals surface area (Å²) >= 11 is 2.61. The number of hydrogen-bond donors (Lipinski definition) is 2. The van der Waals surface area contributed by atoms with Crippen LogP contribution in [0.2, 0.25) is 0 Å². The number of aromatic nitrogens is 2. The molecular formula is C13H15FN4O2S2. The molecule has 0 saturated heterocycles. The van der Waals surface area contributed by atoms with E-state index in [2.05, 4.69) is 20.8 Å². The lowest BCUT2D eigenvalue weighted by molar-refractivity contribution is -0.113. The maximum absolute atomic E-state index is 13.4. The molecule has 2 rings (SSSR count). The third-order valence-corrected chi connectivity index (χ3v) is 4.48. The Morgan fingerprint density at radius 1 is 1.41 bits per heavy atom. The van der Waals surface area contributed by atoms with Gasteiger partial charge in [-0.05, 0) is 12.1 Å². The minimum absolute atomic E-state index is 0.140. The largest absolute Gasteiger partial charge is 0.383 e. The molecular weight excluding hydrogens is 327 g/mol. The van der Waals surface area contributed by atoms with Gasteiger partial charge in [-0.25, -0.2) is 4.39 Å². The molecule has 0 aliphatic heterocycles. The molecule has 22 heavy (non-hydrogen) atoms. The van der Waals surface area contributed by atoms with Crippen molar-refractivity contribution < 1.29 is 13.9 Å². The molecule has 0 fully saturated rings. The van der Waals surface area contributed by atoms with Crippen molar-refractivity contribution >= 4 is 39.8 Å². The van der Waals surface area contributed by atoms with Crippen LogP contribution in [-0.2, 0) is 9.53 Å². The van der Waals surface area contributed by atoms with Gasteiger partial charge in [0.05, 0.1) is 18.0 Å². The Hall–Kier alpha value is -1.71. The van der Waals surface area contributed by atoms with Gasteiger partial charge in [0.2, 0.25) is 11.0 Å². The molecule has 0 aliphatic carbocycles. The SMILES string of the molecule is COCCNc1nnc(SCC(=O)Nc2ccccc2F)s1. The third-order valence-electron chi connectivity index (χ3n) is 2.46. The molecule has 0 bridgehead atoms. The second-order valence-electron chi connectivity index (χ2n) is 4.11. The van der Waals surface area contributed by atoms with E-state index in [4.69, 9.17) is 4.74 Å². The molecule has 2 N–H and O–H groups in total. The van der Waals surface area contributed by atoms with E-state index in [0.717, 1.165) is 0 Å². The van der Waals surface area contributed by atoms with Crippen LogP contribution in [0.5, 0.6) is 0 Å². The van der Waals surface area contributed by atoms with Gasteiger partial charge in [0.15, 0.2) is 4.34 Å². The third kappa shape index (κ3) is 5.24. The molecule has 0 unspecified atom stereocenters. The van der Waals surface area contributed by atoms with Gasteiger partial charge in [0, 0.05) is 13.7 Å². The second kappa shape index (κ2) is 8.66. The molecule has 0 atom stereocenters. The molecule has 6 nitrogen and oxygen atoms in total. The van der Waals surface area contributed by atoms with Crippen LogP contribution >= 0.6 is 23.1 Å². The zero-order valence-corrected chi connectivity index (χ0v) is 13.5. The number of hydrogen-bond acceptors (Lipinski definition) is 7. The number of nitrogens with one attached hydrogen (secondary N) is 2. The highest BCUT2D eigenvalue weighted by molar-refractivity contribution is 8.01. The van der Waals surface area contributed by atoms with E-state index in [0.29, 0.717) is 22.6 Å². The van der Waals surface area contributed by atoms with Gasteiger partial charge in [-0.3, -0.25) is 4.79 Å².